The van der Waals surface area contributed by atoms with Gasteiger partial charge in [-0.15, -0.1) is 0 Å². The third kappa shape index (κ3) is 2.83. The maximum absolute atomic E-state index is 12.9. The molecule has 27 heavy (non-hydrogen) atoms. The van der Waals surface area contributed by atoms with Crippen LogP contribution in [0, 0.1) is 11.3 Å². The van der Waals surface area contributed by atoms with Crippen LogP contribution in [0.3, 0.4) is 0 Å². The number of amides is 1. The van der Waals surface area contributed by atoms with Crippen LogP contribution in [0.25, 0.3) is 0 Å². The molecule has 2 unspecified atom stereocenters. The van der Waals surface area contributed by atoms with Crippen molar-refractivity contribution in [2.24, 2.45) is 13.0 Å². The summed E-state index contributed by atoms with van der Waals surface area (Å²) in [6.45, 7) is 2.67. The zero-order valence-electron chi connectivity index (χ0n) is 15.7. The summed E-state index contributed by atoms with van der Waals surface area (Å²) < 4.78 is 1.79. The highest BCUT2D eigenvalue weighted by Crippen LogP contribution is 2.55. The molecule has 2 fully saturated rings. The maximum Gasteiger partial charge on any atom is 0.255 e. The SMILES string of the molecule is Cn1ccc(N2CC3CC3c3cc(C(=O)N4CCCCC4)cnc32)cc1=N. The summed E-state index contributed by atoms with van der Waals surface area (Å²) in [6, 6.07) is 6.01. The summed E-state index contributed by atoms with van der Waals surface area (Å²) in [5.41, 5.74) is 3.41. The number of hydrogen-bond donors (Lipinski definition) is 1. The normalized spacial score (nSPS) is 23.6. The molecule has 140 valence electrons. The van der Waals surface area contributed by atoms with Crippen molar-refractivity contribution in [1.82, 2.24) is 14.5 Å². The zero-order chi connectivity index (χ0) is 18.5. The molecule has 4 heterocycles. The van der Waals surface area contributed by atoms with Gasteiger partial charge in [-0.25, -0.2) is 4.98 Å². The number of aromatic nitrogens is 2. The Balaban J connectivity index is 1.50. The van der Waals surface area contributed by atoms with E-state index < -0.39 is 0 Å². The smallest absolute Gasteiger partial charge is 0.255 e. The van der Waals surface area contributed by atoms with Gasteiger partial charge < -0.3 is 14.4 Å². The average molecular weight is 363 g/mol. The molecule has 1 aliphatic carbocycles. The van der Waals surface area contributed by atoms with Crippen molar-refractivity contribution in [2.45, 2.75) is 31.6 Å². The van der Waals surface area contributed by atoms with Crippen molar-refractivity contribution in [2.75, 3.05) is 24.5 Å². The van der Waals surface area contributed by atoms with Gasteiger partial charge in [0.2, 0.25) is 0 Å². The van der Waals surface area contributed by atoms with Gasteiger partial charge in [0.25, 0.3) is 5.91 Å². The number of fused-ring (bicyclic) bond motifs is 3. The Kier molecular flexibility index (Phi) is 3.81. The van der Waals surface area contributed by atoms with E-state index >= 15 is 0 Å². The first kappa shape index (κ1) is 16.5. The van der Waals surface area contributed by atoms with E-state index in [0.717, 1.165) is 49.5 Å². The number of hydrogen-bond acceptors (Lipinski definition) is 4. The number of aryl methyl sites for hydroxylation is 1. The average Bonchev–Trinajstić information content (AvgIpc) is 3.49. The van der Waals surface area contributed by atoms with Crippen molar-refractivity contribution in [3.8, 4) is 0 Å². The van der Waals surface area contributed by atoms with E-state index in [1.807, 2.05) is 30.3 Å². The van der Waals surface area contributed by atoms with Crippen LogP contribution >= 0.6 is 0 Å². The number of pyridine rings is 2. The van der Waals surface area contributed by atoms with E-state index in [4.69, 9.17) is 10.4 Å². The minimum atomic E-state index is 0.125. The molecule has 2 aliphatic heterocycles. The van der Waals surface area contributed by atoms with Gasteiger partial charge in [-0.1, -0.05) is 0 Å². The minimum Gasteiger partial charge on any atom is -0.339 e. The Labute approximate surface area is 159 Å². The molecule has 2 aromatic heterocycles. The Morgan fingerprint density at radius 3 is 2.81 bits per heavy atom. The summed E-state index contributed by atoms with van der Waals surface area (Å²) in [5.74, 6) is 2.24. The summed E-state index contributed by atoms with van der Waals surface area (Å²) in [4.78, 5) is 21.8. The third-order valence-electron chi connectivity index (χ3n) is 6.23. The minimum absolute atomic E-state index is 0.125. The second-order valence-corrected chi connectivity index (χ2v) is 8.08. The lowest BCUT2D eigenvalue weighted by atomic mass is 10.0. The van der Waals surface area contributed by atoms with Gasteiger partial charge in [-0.05, 0) is 55.2 Å². The molecular formula is C21H25N5O. The van der Waals surface area contributed by atoms with Crippen LogP contribution in [0.4, 0.5) is 11.5 Å². The van der Waals surface area contributed by atoms with Crippen LogP contribution in [0.2, 0.25) is 0 Å². The lowest BCUT2D eigenvalue weighted by Crippen LogP contribution is -2.36. The molecule has 1 amide bonds. The van der Waals surface area contributed by atoms with Crippen LogP contribution in [-0.2, 0) is 7.05 Å². The highest BCUT2D eigenvalue weighted by molar-refractivity contribution is 5.94. The Bertz CT molecular complexity index is 959. The largest absolute Gasteiger partial charge is 0.339 e. The highest BCUT2D eigenvalue weighted by atomic mass is 16.2. The molecule has 0 radical (unpaired) electrons. The summed E-state index contributed by atoms with van der Waals surface area (Å²) in [5, 5.41) is 8.09. The lowest BCUT2D eigenvalue weighted by molar-refractivity contribution is 0.0724. The number of carbonyl (C=O) groups excluding carboxylic acids is 1. The Morgan fingerprint density at radius 2 is 2.04 bits per heavy atom. The van der Waals surface area contributed by atoms with Crippen molar-refractivity contribution < 1.29 is 4.79 Å². The topological polar surface area (TPSA) is 65.2 Å². The van der Waals surface area contributed by atoms with E-state index in [0.29, 0.717) is 17.3 Å². The number of nitrogens with zero attached hydrogens (tertiary/aromatic N) is 4. The summed E-state index contributed by atoms with van der Waals surface area (Å²) in [6.07, 6.45) is 8.26. The van der Waals surface area contributed by atoms with Crippen LogP contribution < -0.4 is 10.4 Å². The van der Waals surface area contributed by atoms with E-state index in [1.165, 1.54) is 18.4 Å². The molecule has 1 N–H and O–H groups in total. The predicted molar refractivity (Wildman–Crippen MR) is 103 cm³/mol. The number of piperidine rings is 1. The molecular weight excluding hydrogens is 338 g/mol. The van der Waals surface area contributed by atoms with Crippen LogP contribution in [0.1, 0.15) is 47.5 Å². The van der Waals surface area contributed by atoms with E-state index in [1.54, 1.807) is 10.8 Å². The lowest BCUT2D eigenvalue weighted by Gasteiger charge is -2.31. The fourth-order valence-corrected chi connectivity index (χ4v) is 4.47. The quantitative estimate of drug-likeness (QED) is 0.892. The molecule has 0 spiro atoms. The number of nitrogens with one attached hydrogen (secondary N) is 1. The van der Waals surface area contributed by atoms with Gasteiger partial charge in [0.1, 0.15) is 11.3 Å². The van der Waals surface area contributed by atoms with E-state index in [2.05, 4.69) is 11.0 Å². The van der Waals surface area contributed by atoms with Gasteiger partial charge >= 0.3 is 0 Å². The standard InChI is InChI=1S/C21H25N5O/c1-24-8-5-16(11-19(24)22)26-13-15-10-17(15)18-9-14(12-23-20(18)26)21(27)25-6-3-2-4-7-25/h5,8-9,11-12,15,17,22H,2-4,6-7,10,13H2,1H3. The van der Waals surface area contributed by atoms with Crippen molar-refractivity contribution in [3.05, 3.63) is 47.2 Å². The van der Waals surface area contributed by atoms with Crippen molar-refractivity contribution in [1.29, 1.82) is 5.41 Å². The van der Waals surface area contributed by atoms with Gasteiger partial charge in [-0.3, -0.25) is 10.2 Å². The predicted octanol–water partition coefficient (Wildman–Crippen LogP) is 2.78. The summed E-state index contributed by atoms with van der Waals surface area (Å²) >= 11 is 0. The van der Waals surface area contributed by atoms with Crippen molar-refractivity contribution >= 4 is 17.4 Å². The molecule has 2 atom stereocenters. The highest BCUT2D eigenvalue weighted by Gasteiger charge is 2.46. The molecule has 5 rings (SSSR count). The molecule has 2 aromatic rings. The number of rotatable bonds is 2. The number of anilines is 2. The van der Waals surface area contributed by atoms with Gasteiger partial charge in [-0.2, -0.15) is 0 Å². The first-order chi connectivity index (χ1) is 13.1. The maximum atomic E-state index is 12.9. The Hall–Kier alpha value is -2.63. The first-order valence-electron chi connectivity index (χ1n) is 9.90. The van der Waals surface area contributed by atoms with Crippen LogP contribution in [0.15, 0.2) is 30.6 Å². The fourth-order valence-electron chi connectivity index (χ4n) is 4.47. The van der Waals surface area contributed by atoms with Crippen molar-refractivity contribution in [3.63, 3.8) is 0 Å². The van der Waals surface area contributed by atoms with Gasteiger partial charge in [0.05, 0.1) is 5.56 Å². The van der Waals surface area contributed by atoms with Gasteiger partial charge in [0.15, 0.2) is 0 Å². The zero-order valence-corrected chi connectivity index (χ0v) is 15.7. The summed E-state index contributed by atoms with van der Waals surface area (Å²) in [7, 11) is 1.88. The Morgan fingerprint density at radius 1 is 1.22 bits per heavy atom. The fraction of sp³-hybridized carbons (Fsp3) is 0.476. The molecule has 1 saturated heterocycles. The molecule has 6 nitrogen and oxygen atoms in total. The second kappa shape index (κ2) is 6.22. The monoisotopic (exact) mass is 363 g/mol. The molecule has 3 aliphatic rings. The third-order valence-corrected chi connectivity index (χ3v) is 6.23. The number of carbonyl (C=O) groups is 1. The molecule has 0 aromatic carbocycles. The second-order valence-electron chi connectivity index (χ2n) is 8.08. The number of likely N-dealkylation sites (tertiary alicyclic amines) is 1. The molecule has 1 saturated carbocycles. The molecule has 6 heteroatoms. The van der Waals surface area contributed by atoms with Crippen LogP contribution in [0.5, 0.6) is 0 Å². The van der Waals surface area contributed by atoms with Gasteiger partial charge in [0, 0.05) is 50.8 Å². The molecule has 0 bridgehead atoms. The van der Waals surface area contributed by atoms with E-state index in [9.17, 15) is 4.79 Å². The van der Waals surface area contributed by atoms with E-state index in [-0.39, 0.29) is 5.91 Å². The first-order valence-corrected chi connectivity index (χ1v) is 9.90. The van der Waals surface area contributed by atoms with Crippen LogP contribution in [-0.4, -0.2) is 40.0 Å².